The van der Waals surface area contributed by atoms with Crippen LogP contribution >= 0.6 is 0 Å². The molecule has 2 nitrogen and oxygen atoms in total. The Kier molecular flexibility index (Phi) is 2.40. The molecule has 0 spiro atoms. The van der Waals surface area contributed by atoms with E-state index in [4.69, 9.17) is 9.47 Å². The fourth-order valence-corrected chi connectivity index (χ4v) is 3.17. The molecule has 0 saturated heterocycles. The average Bonchev–Trinajstić information content (AvgIpc) is 2.44. The number of hydrogen-bond donors (Lipinski definition) is 0. The van der Waals surface area contributed by atoms with E-state index in [2.05, 4.69) is 24.3 Å². The van der Waals surface area contributed by atoms with Crippen molar-refractivity contribution < 1.29 is 9.47 Å². The molecule has 2 aliphatic carbocycles. The average molecular weight is 264 g/mol. The third-order valence-electron chi connectivity index (χ3n) is 4.37. The van der Waals surface area contributed by atoms with Gasteiger partial charge < -0.3 is 9.47 Å². The van der Waals surface area contributed by atoms with Crippen LogP contribution in [0, 0.1) is 0 Å². The smallest absolute Gasteiger partial charge is 0.119 e. The van der Waals surface area contributed by atoms with Gasteiger partial charge in [0.2, 0.25) is 0 Å². The summed E-state index contributed by atoms with van der Waals surface area (Å²) in [6.07, 6.45) is 2.13. The van der Waals surface area contributed by atoms with E-state index in [1.54, 1.807) is 14.2 Å². The van der Waals surface area contributed by atoms with Gasteiger partial charge in [-0.3, -0.25) is 0 Å². The number of ether oxygens (including phenoxy) is 2. The zero-order valence-electron chi connectivity index (χ0n) is 11.7. The summed E-state index contributed by atoms with van der Waals surface area (Å²) in [4.78, 5) is 0. The normalized spacial score (nSPS) is 18.5. The van der Waals surface area contributed by atoms with Gasteiger partial charge in [0.15, 0.2) is 0 Å². The third kappa shape index (κ3) is 1.51. The van der Waals surface area contributed by atoms with Crippen molar-refractivity contribution in [3.05, 3.63) is 58.7 Å². The molecule has 100 valence electrons. The van der Waals surface area contributed by atoms with Gasteiger partial charge >= 0.3 is 0 Å². The van der Waals surface area contributed by atoms with E-state index in [-0.39, 0.29) is 0 Å². The molecule has 0 atom stereocenters. The molecule has 0 heterocycles. The van der Waals surface area contributed by atoms with Crippen molar-refractivity contribution in [3.8, 4) is 11.5 Å². The Morgan fingerprint density at radius 2 is 1.15 bits per heavy atom. The number of fused-ring (bicyclic) bond motifs is 2. The lowest BCUT2D eigenvalue weighted by Gasteiger charge is -2.33. The summed E-state index contributed by atoms with van der Waals surface area (Å²) in [5.74, 6) is 1.90. The van der Waals surface area contributed by atoms with Crippen molar-refractivity contribution in [1.82, 2.24) is 0 Å². The van der Waals surface area contributed by atoms with Crippen molar-refractivity contribution in [3.63, 3.8) is 0 Å². The predicted molar refractivity (Wildman–Crippen MR) is 80.2 cm³/mol. The SMILES string of the molecule is COc1ccc2c(c1)C/C2=C1/Cc2cc(OC)ccc21. The number of methoxy groups -OCH3 is 2. The van der Waals surface area contributed by atoms with Crippen LogP contribution in [0.4, 0.5) is 0 Å². The Hall–Kier alpha value is -2.22. The topological polar surface area (TPSA) is 18.5 Å². The largest absolute Gasteiger partial charge is 0.497 e. The molecule has 0 unspecified atom stereocenters. The Morgan fingerprint density at radius 1 is 0.700 bits per heavy atom. The Balaban J connectivity index is 1.72. The summed E-state index contributed by atoms with van der Waals surface area (Å²) < 4.78 is 10.5. The van der Waals surface area contributed by atoms with E-state index >= 15 is 0 Å². The van der Waals surface area contributed by atoms with Gasteiger partial charge in [-0.1, -0.05) is 12.1 Å². The van der Waals surface area contributed by atoms with Gasteiger partial charge in [-0.05, 0) is 70.5 Å². The summed E-state index contributed by atoms with van der Waals surface area (Å²) in [7, 11) is 3.44. The molecule has 0 aliphatic heterocycles. The molecule has 0 bridgehead atoms. The van der Waals surface area contributed by atoms with Crippen LogP contribution in [0.5, 0.6) is 11.5 Å². The zero-order chi connectivity index (χ0) is 13.7. The van der Waals surface area contributed by atoms with Gasteiger partial charge in [-0.25, -0.2) is 0 Å². The maximum Gasteiger partial charge on any atom is 0.119 e. The Labute approximate surface area is 118 Å². The quantitative estimate of drug-likeness (QED) is 0.823. The number of hydrogen-bond acceptors (Lipinski definition) is 2. The van der Waals surface area contributed by atoms with Crippen LogP contribution in [0.2, 0.25) is 0 Å². The van der Waals surface area contributed by atoms with Crippen molar-refractivity contribution >= 4 is 11.1 Å². The maximum absolute atomic E-state index is 5.27. The molecule has 4 rings (SSSR count). The Morgan fingerprint density at radius 3 is 1.50 bits per heavy atom. The molecule has 0 saturated carbocycles. The molecule has 0 fully saturated rings. The molecule has 2 aromatic carbocycles. The molecule has 2 aromatic rings. The third-order valence-corrected chi connectivity index (χ3v) is 4.37. The summed E-state index contributed by atoms with van der Waals surface area (Å²) in [6.45, 7) is 0. The second kappa shape index (κ2) is 4.14. The monoisotopic (exact) mass is 264 g/mol. The van der Waals surface area contributed by atoms with Crippen LogP contribution in [0.25, 0.3) is 11.1 Å². The summed E-state index contributed by atoms with van der Waals surface area (Å²) in [5.41, 5.74) is 8.58. The second-order valence-electron chi connectivity index (χ2n) is 5.36. The minimum Gasteiger partial charge on any atom is -0.497 e. The van der Waals surface area contributed by atoms with Crippen LogP contribution in [-0.4, -0.2) is 14.2 Å². The highest BCUT2D eigenvalue weighted by molar-refractivity contribution is 6.02. The van der Waals surface area contributed by atoms with E-state index in [0.29, 0.717) is 0 Å². The van der Waals surface area contributed by atoms with Gasteiger partial charge in [-0.15, -0.1) is 0 Å². The summed E-state index contributed by atoms with van der Waals surface area (Å²) in [6, 6.07) is 12.8. The lowest BCUT2D eigenvalue weighted by molar-refractivity contribution is 0.414. The highest BCUT2D eigenvalue weighted by atomic mass is 16.5. The van der Waals surface area contributed by atoms with Gasteiger partial charge in [-0.2, -0.15) is 0 Å². The molecular formula is C18H16O2. The number of rotatable bonds is 2. The summed E-state index contributed by atoms with van der Waals surface area (Å²) >= 11 is 0. The van der Waals surface area contributed by atoms with Crippen molar-refractivity contribution in [2.24, 2.45) is 0 Å². The lowest BCUT2D eigenvalue weighted by Crippen LogP contribution is -2.16. The van der Waals surface area contributed by atoms with Crippen molar-refractivity contribution in [2.75, 3.05) is 14.2 Å². The molecule has 2 aliphatic rings. The molecule has 0 aromatic heterocycles. The Bertz CT molecular complexity index is 678. The molecule has 0 N–H and O–H groups in total. The highest BCUT2D eigenvalue weighted by Gasteiger charge is 2.29. The van der Waals surface area contributed by atoms with Gasteiger partial charge in [0, 0.05) is 0 Å². The number of benzene rings is 2. The van der Waals surface area contributed by atoms with E-state index in [0.717, 1.165) is 24.3 Å². The molecule has 20 heavy (non-hydrogen) atoms. The van der Waals surface area contributed by atoms with Crippen LogP contribution in [0.1, 0.15) is 22.3 Å². The molecular weight excluding hydrogens is 248 g/mol. The van der Waals surface area contributed by atoms with Crippen LogP contribution in [0.3, 0.4) is 0 Å². The molecule has 0 radical (unpaired) electrons. The number of allylic oxidation sites excluding steroid dienone is 2. The first-order valence-electron chi connectivity index (χ1n) is 6.87. The van der Waals surface area contributed by atoms with Crippen molar-refractivity contribution in [1.29, 1.82) is 0 Å². The zero-order valence-corrected chi connectivity index (χ0v) is 11.7. The van der Waals surface area contributed by atoms with Gasteiger partial charge in [0.1, 0.15) is 11.5 Å². The van der Waals surface area contributed by atoms with E-state index < -0.39 is 0 Å². The standard InChI is InChI=1S/C18H16O2/c1-19-13-3-5-15-11(7-13)9-17(15)18-10-12-8-14(20-2)4-6-16(12)18/h3-8H,9-10H2,1-2H3/b18-17+. The van der Waals surface area contributed by atoms with E-state index in [1.807, 2.05) is 12.1 Å². The second-order valence-corrected chi connectivity index (χ2v) is 5.36. The molecule has 2 heteroatoms. The van der Waals surface area contributed by atoms with Gasteiger partial charge in [0.25, 0.3) is 0 Å². The maximum atomic E-state index is 5.27. The van der Waals surface area contributed by atoms with E-state index in [9.17, 15) is 0 Å². The van der Waals surface area contributed by atoms with Gasteiger partial charge in [0.05, 0.1) is 14.2 Å². The first-order chi connectivity index (χ1) is 9.80. The van der Waals surface area contributed by atoms with Crippen LogP contribution < -0.4 is 9.47 Å². The predicted octanol–water partition coefficient (Wildman–Crippen LogP) is 3.73. The minimum atomic E-state index is 0.951. The lowest BCUT2D eigenvalue weighted by atomic mass is 9.71. The van der Waals surface area contributed by atoms with Crippen LogP contribution in [0.15, 0.2) is 36.4 Å². The fraction of sp³-hybridized carbons (Fsp3) is 0.222. The summed E-state index contributed by atoms with van der Waals surface area (Å²) in [5, 5.41) is 0. The van der Waals surface area contributed by atoms with Crippen LogP contribution in [-0.2, 0) is 12.8 Å². The molecule has 0 amide bonds. The first-order valence-corrected chi connectivity index (χ1v) is 6.87. The van der Waals surface area contributed by atoms with Crippen molar-refractivity contribution in [2.45, 2.75) is 12.8 Å². The highest BCUT2D eigenvalue weighted by Crippen LogP contribution is 2.47. The van der Waals surface area contributed by atoms with E-state index in [1.165, 1.54) is 33.4 Å². The minimum absolute atomic E-state index is 0.951. The fourth-order valence-electron chi connectivity index (χ4n) is 3.17. The first kappa shape index (κ1) is 11.6.